The lowest BCUT2D eigenvalue weighted by Gasteiger charge is -2.10. The Hall–Kier alpha value is -2.82. The average Bonchev–Trinajstić information content (AvgIpc) is 2.55. The molecule has 0 unspecified atom stereocenters. The fourth-order valence-electron chi connectivity index (χ4n) is 2.34. The van der Waals surface area contributed by atoms with E-state index in [9.17, 15) is 9.59 Å². The zero-order valence-corrected chi connectivity index (χ0v) is 13.1. The summed E-state index contributed by atoms with van der Waals surface area (Å²) in [7, 11) is 1.33. The van der Waals surface area contributed by atoms with Crippen molar-refractivity contribution in [2.45, 2.75) is 12.8 Å². The van der Waals surface area contributed by atoms with Crippen molar-refractivity contribution in [3.8, 4) is 0 Å². The summed E-state index contributed by atoms with van der Waals surface area (Å²) in [4.78, 5) is 22.8. The number of rotatable bonds is 6. The smallest absolute Gasteiger partial charge is 0.411 e. The number of nitrogens with one attached hydrogen (secondary N) is 2. The molecule has 0 fully saturated rings. The minimum atomic E-state index is -0.501. The molecule has 0 aromatic heterocycles. The molecule has 2 rings (SSSR count). The van der Waals surface area contributed by atoms with Gasteiger partial charge in [-0.3, -0.25) is 10.1 Å². The fourth-order valence-corrected chi connectivity index (χ4v) is 2.34. The molecular weight excluding hydrogens is 292 g/mol. The number of carbonyl (C=O) groups is 2. The van der Waals surface area contributed by atoms with Crippen LogP contribution in [0, 0.1) is 0 Å². The molecule has 2 N–H and O–H groups in total. The van der Waals surface area contributed by atoms with Crippen LogP contribution in [0.3, 0.4) is 0 Å². The van der Waals surface area contributed by atoms with Gasteiger partial charge in [-0.05, 0) is 34.9 Å². The zero-order chi connectivity index (χ0) is 16.7. The summed E-state index contributed by atoms with van der Waals surface area (Å²) in [5, 5.41) is 7.63. The predicted molar refractivity (Wildman–Crippen MR) is 91.5 cm³/mol. The van der Waals surface area contributed by atoms with E-state index in [0.29, 0.717) is 25.1 Å². The van der Waals surface area contributed by atoms with Crippen LogP contribution in [0.4, 0.5) is 10.5 Å². The Balaban J connectivity index is 2.15. The van der Waals surface area contributed by atoms with Gasteiger partial charge in [0.05, 0.1) is 7.11 Å². The number of fused-ring (bicyclic) bond motifs is 1. The van der Waals surface area contributed by atoms with Crippen molar-refractivity contribution in [3.05, 3.63) is 54.6 Å². The first-order valence-electron chi connectivity index (χ1n) is 7.38. The third-order valence-corrected chi connectivity index (χ3v) is 3.45. The van der Waals surface area contributed by atoms with Gasteiger partial charge in [0.25, 0.3) is 0 Å². The first-order valence-corrected chi connectivity index (χ1v) is 7.38. The maximum atomic E-state index is 11.5. The number of anilines is 1. The Morgan fingerprint density at radius 1 is 1.26 bits per heavy atom. The van der Waals surface area contributed by atoms with Gasteiger partial charge in [-0.15, -0.1) is 6.58 Å². The van der Waals surface area contributed by atoms with E-state index in [-0.39, 0.29) is 5.91 Å². The lowest BCUT2D eigenvalue weighted by Crippen LogP contribution is -2.24. The molecule has 0 heterocycles. The summed E-state index contributed by atoms with van der Waals surface area (Å²) in [5.41, 5.74) is 1.78. The Bertz CT molecular complexity index is 725. The first-order chi connectivity index (χ1) is 11.1. The Morgan fingerprint density at radius 3 is 2.83 bits per heavy atom. The number of ether oxygens (including phenoxy) is 1. The summed E-state index contributed by atoms with van der Waals surface area (Å²) in [6.07, 6.45) is 2.11. The number of benzene rings is 2. The largest absolute Gasteiger partial charge is 0.453 e. The molecule has 0 radical (unpaired) electrons. The van der Waals surface area contributed by atoms with Crippen LogP contribution in [0.15, 0.2) is 49.1 Å². The van der Waals surface area contributed by atoms with Crippen LogP contribution in [-0.4, -0.2) is 25.7 Å². The highest BCUT2D eigenvalue weighted by atomic mass is 16.5. The lowest BCUT2D eigenvalue weighted by atomic mass is 10.0. The van der Waals surface area contributed by atoms with Gasteiger partial charge in [0.1, 0.15) is 0 Å². The normalized spacial score (nSPS) is 10.1. The first kappa shape index (κ1) is 16.5. The van der Waals surface area contributed by atoms with Gasteiger partial charge in [-0.1, -0.05) is 30.3 Å². The van der Waals surface area contributed by atoms with Crippen LogP contribution in [0.2, 0.25) is 0 Å². The summed E-state index contributed by atoms with van der Waals surface area (Å²) < 4.78 is 4.61. The Morgan fingerprint density at radius 2 is 2.09 bits per heavy atom. The van der Waals surface area contributed by atoms with Crippen LogP contribution >= 0.6 is 0 Å². The molecule has 23 heavy (non-hydrogen) atoms. The quantitative estimate of drug-likeness (QED) is 0.805. The Labute approximate surface area is 135 Å². The minimum absolute atomic E-state index is 0.0340. The van der Waals surface area contributed by atoms with Crippen molar-refractivity contribution >= 4 is 28.5 Å². The molecule has 0 atom stereocenters. The van der Waals surface area contributed by atoms with Crippen molar-refractivity contribution in [2.24, 2.45) is 0 Å². The number of hydrogen-bond donors (Lipinski definition) is 2. The van der Waals surface area contributed by atoms with Crippen LogP contribution in [0.5, 0.6) is 0 Å². The third kappa shape index (κ3) is 4.57. The maximum absolute atomic E-state index is 11.5. The van der Waals surface area contributed by atoms with Crippen molar-refractivity contribution in [1.82, 2.24) is 5.32 Å². The van der Waals surface area contributed by atoms with Crippen molar-refractivity contribution < 1.29 is 14.3 Å². The fraction of sp³-hybridized carbons (Fsp3) is 0.222. The highest BCUT2D eigenvalue weighted by Gasteiger charge is 2.06. The molecule has 2 aromatic rings. The average molecular weight is 312 g/mol. The van der Waals surface area contributed by atoms with E-state index in [1.165, 1.54) is 7.11 Å². The highest BCUT2D eigenvalue weighted by Crippen LogP contribution is 2.23. The van der Waals surface area contributed by atoms with Gasteiger partial charge in [0.2, 0.25) is 5.91 Å². The van der Waals surface area contributed by atoms with Crippen LogP contribution < -0.4 is 10.6 Å². The molecule has 0 saturated carbocycles. The summed E-state index contributed by atoms with van der Waals surface area (Å²) in [5.74, 6) is -0.0340. The molecular formula is C18H20N2O3. The molecule has 5 nitrogen and oxygen atoms in total. The van der Waals surface area contributed by atoms with E-state index in [4.69, 9.17) is 0 Å². The van der Waals surface area contributed by atoms with Crippen LogP contribution in [0.25, 0.3) is 10.8 Å². The van der Waals surface area contributed by atoms with E-state index in [0.717, 1.165) is 16.3 Å². The summed E-state index contributed by atoms with van der Waals surface area (Å²) >= 11 is 0. The maximum Gasteiger partial charge on any atom is 0.411 e. The molecule has 2 amide bonds. The summed E-state index contributed by atoms with van der Waals surface area (Å²) in [6, 6.07) is 11.7. The zero-order valence-electron chi connectivity index (χ0n) is 13.1. The van der Waals surface area contributed by atoms with Gasteiger partial charge in [0.15, 0.2) is 0 Å². The van der Waals surface area contributed by atoms with Crippen molar-refractivity contribution in [1.29, 1.82) is 0 Å². The molecule has 0 bridgehead atoms. The van der Waals surface area contributed by atoms with Gasteiger partial charge in [0, 0.05) is 18.7 Å². The van der Waals surface area contributed by atoms with Crippen LogP contribution in [0.1, 0.15) is 12.0 Å². The molecule has 0 spiro atoms. The van der Waals surface area contributed by atoms with E-state index in [1.807, 2.05) is 36.4 Å². The lowest BCUT2D eigenvalue weighted by molar-refractivity contribution is -0.120. The molecule has 0 aliphatic heterocycles. The molecule has 5 heteroatoms. The second kappa shape index (κ2) is 7.98. The van der Waals surface area contributed by atoms with E-state index < -0.39 is 6.09 Å². The number of methoxy groups -OCH3 is 1. The van der Waals surface area contributed by atoms with E-state index >= 15 is 0 Å². The van der Waals surface area contributed by atoms with Gasteiger partial charge in [-0.2, -0.15) is 0 Å². The van der Waals surface area contributed by atoms with Crippen molar-refractivity contribution in [3.63, 3.8) is 0 Å². The molecule has 0 aliphatic carbocycles. The van der Waals surface area contributed by atoms with E-state index in [1.54, 1.807) is 6.08 Å². The number of hydrogen-bond acceptors (Lipinski definition) is 3. The monoisotopic (exact) mass is 312 g/mol. The molecule has 120 valence electrons. The van der Waals surface area contributed by atoms with Crippen LogP contribution in [-0.2, 0) is 16.0 Å². The van der Waals surface area contributed by atoms with E-state index in [2.05, 4.69) is 21.9 Å². The number of amides is 2. The number of carbonyl (C=O) groups excluding carboxylic acids is 2. The second-order valence-corrected chi connectivity index (χ2v) is 5.06. The molecule has 2 aromatic carbocycles. The molecule has 0 aliphatic rings. The van der Waals surface area contributed by atoms with Gasteiger partial charge in [-0.25, -0.2) is 4.79 Å². The molecule has 0 saturated heterocycles. The topological polar surface area (TPSA) is 67.4 Å². The predicted octanol–water partition coefficient (Wildman–Crippen LogP) is 3.25. The standard InChI is InChI=1S/C18H20N2O3/c1-3-5-17(21)19-11-10-14-7-4-6-13-8-9-15(12-16(13)14)20-18(22)23-2/h3-4,6-9,12H,1,5,10-11H2,2H3,(H,19,21)(H,20,22). The summed E-state index contributed by atoms with van der Waals surface area (Å²) in [6.45, 7) is 4.10. The Kier molecular flexibility index (Phi) is 5.74. The second-order valence-electron chi connectivity index (χ2n) is 5.06. The minimum Gasteiger partial charge on any atom is -0.453 e. The van der Waals surface area contributed by atoms with Gasteiger partial charge >= 0.3 is 6.09 Å². The highest BCUT2D eigenvalue weighted by molar-refractivity contribution is 5.92. The third-order valence-electron chi connectivity index (χ3n) is 3.45. The van der Waals surface area contributed by atoms with Crippen molar-refractivity contribution in [2.75, 3.05) is 19.0 Å². The SMILES string of the molecule is C=CCC(=O)NCCc1cccc2ccc(NC(=O)OC)cc12. The van der Waals surface area contributed by atoms with Gasteiger partial charge < -0.3 is 10.1 Å².